The molecule has 0 rings (SSSR count). The van der Waals surface area contributed by atoms with E-state index in [1.54, 1.807) is 0 Å². The van der Waals surface area contributed by atoms with Gasteiger partial charge in [-0.3, -0.25) is 0 Å². The molecule has 0 aliphatic heterocycles. The molecule has 0 heterocycles. The van der Waals surface area contributed by atoms with Gasteiger partial charge in [0.1, 0.15) is 0 Å². The van der Waals surface area contributed by atoms with E-state index >= 15 is 0 Å². The van der Waals surface area contributed by atoms with E-state index in [9.17, 15) is 0 Å². The van der Waals surface area contributed by atoms with Crippen molar-refractivity contribution >= 4 is 16.5 Å². The molecule has 0 aromatic rings. The Kier molecular flexibility index (Phi) is 60.4. The van der Waals surface area contributed by atoms with Crippen LogP contribution in [0.1, 0.15) is 10.3 Å². The number of hydrogen-bond acceptors (Lipinski definition) is 2. The van der Waals surface area contributed by atoms with Gasteiger partial charge in [-0.1, -0.05) is 7.43 Å². The van der Waals surface area contributed by atoms with E-state index in [0.717, 1.165) is 0 Å². The van der Waals surface area contributed by atoms with Crippen LogP contribution in [-0.2, 0) is 9.13 Å². The molecule has 4 N–H and O–H groups in total. The fraction of sp³-hybridized carbons (Fsp3) is 1.00. The maximum atomic E-state index is 8.70. The fourth-order valence-electron chi connectivity index (χ4n) is 0. The molecule has 0 aliphatic rings. The van der Waals surface area contributed by atoms with E-state index in [2.05, 4.69) is 0 Å². The summed E-state index contributed by atoms with van der Waals surface area (Å²) in [6.45, 7) is 0. The topological polar surface area (TPSA) is 115 Å². The van der Waals surface area contributed by atoms with E-state index in [4.69, 9.17) is 28.7 Å². The quantitative estimate of drug-likeness (QED) is 0.241. The molecule has 0 amide bonds. The average Bonchev–Trinajstić information content (AvgIpc) is 1.25. The van der Waals surface area contributed by atoms with Gasteiger partial charge < -0.3 is 2.85 Å². The SMILES string of the molecule is C.O=[P+](O)O.O=[P+](O)O.[H-].[H-].[Na+].[Na+]. The Labute approximate surface area is 113 Å². The zero-order chi connectivity index (χ0) is 7.15. The predicted molar refractivity (Wildman–Crippen MR) is 33.0 cm³/mol. The predicted octanol–water partition coefficient (Wildman–Crippen LogP) is -5.87. The van der Waals surface area contributed by atoms with Gasteiger partial charge >= 0.3 is 75.6 Å². The molecule has 10 heteroatoms. The minimum Gasteiger partial charge on any atom is -1.00 e. The largest absolute Gasteiger partial charge is 1.00 e. The molecule has 0 saturated carbocycles. The Bertz CT molecular complexity index is 84.6. The summed E-state index contributed by atoms with van der Waals surface area (Å²) in [5.41, 5.74) is 0. The molecule has 0 aromatic carbocycles. The number of hydrogen-bond donors (Lipinski definition) is 4. The molecule has 0 saturated heterocycles. The smallest absolute Gasteiger partial charge is 1.00 e. The maximum Gasteiger partial charge on any atom is 1.00 e. The summed E-state index contributed by atoms with van der Waals surface area (Å²) >= 11 is 0. The van der Waals surface area contributed by atoms with Crippen molar-refractivity contribution in [1.29, 1.82) is 0 Å². The van der Waals surface area contributed by atoms with E-state index in [1.807, 2.05) is 0 Å². The second kappa shape index (κ2) is 22.7. The molecule has 0 aromatic heterocycles. The van der Waals surface area contributed by atoms with Crippen LogP contribution in [-0.4, -0.2) is 19.6 Å². The second-order valence-corrected chi connectivity index (χ2v) is 1.52. The van der Waals surface area contributed by atoms with Crippen molar-refractivity contribution in [3.05, 3.63) is 0 Å². The van der Waals surface area contributed by atoms with Crippen molar-refractivity contribution in [3.8, 4) is 0 Å². The molecule has 0 spiro atoms. The molecule has 0 fully saturated rings. The van der Waals surface area contributed by atoms with E-state index in [-0.39, 0.29) is 69.4 Å². The van der Waals surface area contributed by atoms with Gasteiger partial charge in [-0.25, -0.2) is 0 Å². The van der Waals surface area contributed by atoms with Gasteiger partial charge in [0.15, 0.2) is 0 Å². The van der Waals surface area contributed by atoms with Crippen molar-refractivity contribution < 1.29 is 90.7 Å². The maximum absolute atomic E-state index is 8.70. The fourth-order valence-corrected chi connectivity index (χ4v) is 0. The van der Waals surface area contributed by atoms with Crippen LogP contribution in [0.2, 0.25) is 0 Å². The second-order valence-electron chi connectivity index (χ2n) is 0.505. The van der Waals surface area contributed by atoms with Crippen LogP contribution in [0.25, 0.3) is 0 Å². The molecule has 11 heavy (non-hydrogen) atoms. The van der Waals surface area contributed by atoms with Crippen LogP contribution in [0.15, 0.2) is 0 Å². The monoisotopic (exact) mass is 226 g/mol. The summed E-state index contributed by atoms with van der Waals surface area (Å²) in [5.74, 6) is 0. The normalized spacial score (nSPS) is 4.73. The first-order valence-corrected chi connectivity index (χ1v) is 3.50. The van der Waals surface area contributed by atoms with Gasteiger partial charge in [-0.2, -0.15) is 0 Å². The molecule has 60 valence electrons. The van der Waals surface area contributed by atoms with Crippen LogP contribution >= 0.6 is 16.5 Å². The Morgan fingerprint density at radius 3 is 0.818 bits per heavy atom. The van der Waals surface area contributed by atoms with Crippen molar-refractivity contribution in [2.24, 2.45) is 0 Å². The van der Waals surface area contributed by atoms with Crippen LogP contribution in [0.5, 0.6) is 0 Å². The standard InChI is InChI=1S/CH4.2Na.2HO3P.2H/c;;;2*1-4(2)3;;/h1H4;;;2*(H-,1,2,3);;/q;2*+1;;;2*-1/p+2. The summed E-state index contributed by atoms with van der Waals surface area (Å²) in [4.78, 5) is 28.5. The summed E-state index contributed by atoms with van der Waals surface area (Å²) in [5, 5.41) is 0. The minimum absolute atomic E-state index is 0. The van der Waals surface area contributed by atoms with Crippen LogP contribution in [0.4, 0.5) is 0 Å². The van der Waals surface area contributed by atoms with E-state index in [0.29, 0.717) is 0 Å². The van der Waals surface area contributed by atoms with Crippen LogP contribution in [0.3, 0.4) is 0 Å². The van der Waals surface area contributed by atoms with Gasteiger partial charge in [0.05, 0.1) is 0 Å². The first-order chi connectivity index (χ1) is 3.46. The first-order valence-electron chi connectivity index (χ1n) is 1.17. The molecule has 0 unspecified atom stereocenters. The summed E-state index contributed by atoms with van der Waals surface area (Å²) in [6.07, 6.45) is 0. The molecule has 0 bridgehead atoms. The molecule has 0 aliphatic carbocycles. The summed E-state index contributed by atoms with van der Waals surface area (Å²) in [6, 6.07) is 0. The van der Waals surface area contributed by atoms with E-state index < -0.39 is 16.5 Å². The third-order valence-corrected chi connectivity index (χ3v) is 0. The zero-order valence-corrected chi connectivity index (χ0v) is 11.3. The Morgan fingerprint density at radius 2 is 0.818 bits per heavy atom. The van der Waals surface area contributed by atoms with E-state index in [1.165, 1.54) is 0 Å². The Balaban J connectivity index is -0.00000000800. The summed E-state index contributed by atoms with van der Waals surface area (Å²) in [7, 11) is -5.74. The zero-order valence-electron chi connectivity index (χ0n) is 7.50. The molecular formula is CH10Na2O6P2+2. The average molecular weight is 226 g/mol. The third kappa shape index (κ3) is 292. The van der Waals surface area contributed by atoms with Gasteiger partial charge in [0.2, 0.25) is 0 Å². The van der Waals surface area contributed by atoms with Crippen LogP contribution in [0, 0.1) is 0 Å². The molecule has 6 nitrogen and oxygen atoms in total. The van der Waals surface area contributed by atoms with Gasteiger partial charge in [0, 0.05) is 9.13 Å². The van der Waals surface area contributed by atoms with Crippen molar-refractivity contribution in [2.75, 3.05) is 0 Å². The van der Waals surface area contributed by atoms with Crippen LogP contribution < -0.4 is 59.1 Å². The van der Waals surface area contributed by atoms with Crippen molar-refractivity contribution in [1.82, 2.24) is 0 Å². The molecule has 0 radical (unpaired) electrons. The van der Waals surface area contributed by atoms with Crippen molar-refractivity contribution in [2.45, 2.75) is 7.43 Å². The molecule has 0 atom stereocenters. The van der Waals surface area contributed by atoms with Gasteiger partial charge in [0.25, 0.3) is 0 Å². The number of rotatable bonds is 0. The third-order valence-electron chi connectivity index (χ3n) is 0. The Hall–Kier alpha value is 2.04. The van der Waals surface area contributed by atoms with Gasteiger partial charge in [-0.05, 0) is 0 Å². The summed E-state index contributed by atoms with van der Waals surface area (Å²) < 4.78 is 17.4. The Morgan fingerprint density at radius 1 is 0.818 bits per heavy atom. The van der Waals surface area contributed by atoms with Gasteiger partial charge in [-0.15, -0.1) is 19.6 Å². The first kappa shape index (κ1) is 29.2. The van der Waals surface area contributed by atoms with Crippen molar-refractivity contribution in [3.63, 3.8) is 0 Å². The molecular weight excluding hydrogens is 216 g/mol. The minimum atomic E-state index is -2.87.